The number of rotatable bonds is 3. The quantitative estimate of drug-likeness (QED) is 0.787. The van der Waals surface area contributed by atoms with Crippen LogP contribution in [0.5, 0.6) is 0 Å². The van der Waals surface area contributed by atoms with Crippen molar-refractivity contribution >= 4 is 5.91 Å². The standard InChI is InChI=1S/C19H20FN5O/c1-24-10-3-5-16(24)19(26)25-11-2-4-14(12-25)18-21-17(22-23-18)13-6-8-15(20)9-7-13/h3,5-10,14H,2,4,11-12H2,1H3,(H,21,22,23)/t14-/m1/s1. The third-order valence-electron chi connectivity index (χ3n) is 4.86. The fourth-order valence-electron chi connectivity index (χ4n) is 3.42. The largest absolute Gasteiger partial charge is 0.347 e. The van der Waals surface area contributed by atoms with E-state index >= 15 is 0 Å². The van der Waals surface area contributed by atoms with E-state index in [0.29, 0.717) is 18.1 Å². The minimum Gasteiger partial charge on any atom is -0.347 e. The number of nitrogens with zero attached hydrogens (tertiary/aromatic N) is 4. The molecule has 0 radical (unpaired) electrons. The van der Waals surface area contributed by atoms with Crippen molar-refractivity contribution in [1.29, 1.82) is 0 Å². The van der Waals surface area contributed by atoms with Crippen molar-refractivity contribution in [2.24, 2.45) is 7.05 Å². The second-order valence-corrected chi connectivity index (χ2v) is 6.65. The lowest BCUT2D eigenvalue weighted by Crippen LogP contribution is -2.40. The van der Waals surface area contributed by atoms with E-state index in [4.69, 9.17) is 0 Å². The maximum absolute atomic E-state index is 13.1. The van der Waals surface area contributed by atoms with Gasteiger partial charge in [0.05, 0.1) is 0 Å². The van der Waals surface area contributed by atoms with Crippen LogP contribution in [0.1, 0.15) is 35.1 Å². The van der Waals surface area contributed by atoms with Crippen molar-refractivity contribution in [3.8, 4) is 11.4 Å². The molecule has 3 heterocycles. The first-order valence-electron chi connectivity index (χ1n) is 8.70. The van der Waals surface area contributed by atoms with Gasteiger partial charge in [-0.2, -0.15) is 5.10 Å². The highest BCUT2D eigenvalue weighted by molar-refractivity contribution is 5.92. The molecule has 1 fully saturated rings. The highest BCUT2D eigenvalue weighted by atomic mass is 19.1. The van der Waals surface area contributed by atoms with Gasteiger partial charge >= 0.3 is 0 Å². The maximum atomic E-state index is 13.1. The summed E-state index contributed by atoms with van der Waals surface area (Å²) in [6.45, 7) is 1.36. The zero-order chi connectivity index (χ0) is 18.1. The van der Waals surface area contributed by atoms with Gasteiger partial charge in [-0.3, -0.25) is 9.89 Å². The molecular weight excluding hydrogens is 333 g/mol. The maximum Gasteiger partial charge on any atom is 0.270 e. The first-order chi connectivity index (χ1) is 12.6. The number of hydrogen-bond acceptors (Lipinski definition) is 3. The minimum atomic E-state index is -0.286. The Morgan fingerprint density at radius 1 is 1.27 bits per heavy atom. The van der Waals surface area contributed by atoms with Crippen molar-refractivity contribution in [2.45, 2.75) is 18.8 Å². The van der Waals surface area contributed by atoms with Gasteiger partial charge in [0.1, 0.15) is 17.3 Å². The van der Waals surface area contributed by atoms with Crippen molar-refractivity contribution in [3.63, 3.8) is 0 Å². The first-order valence-corrected chi connectivity index (χ1v) is 8.70. The summed E-state index contributed by atoms with van der Waals surface area (Å²) in [6.07, 6.45) is 3.75. The van der Waals surface area contributed by atoms with Gasteiger partial charge in [0.2, 0.25) is 0 Å². The summed E-state index contributed by atoms with van der Waals surface area (Å²) >= 11 is 0. The van der Waals surface area contributed by atoms with Crippen LogP contribution in [0.25, 0.3) is 11.4 Å². The highest BCUT2D eigenvalue weighted by Gasteiger charge is 2.28. The van der Waals surface area contributed by atoms with E-state index in [9.17, 15) is 9.18 Å². The van der Waals surface area contributed by atoms with Crippen molar-refractivity contribution < 1.29 is 9.18 Å². The molecule has 1 atom stereocenters. The summed E-state index contributed by atoms with van der Waals surface area (Å²) in [5.41, 5.74) is 1.46. The fourth-order valence-corrected chi connectivity index (χ4v) is 3.42. The van der Waals surface area contributed by atoms with Crippen molar-refractivity contribution in [1.82, 2.24) is 24.6 Å². The van der Waals surface area contributed by atoms with E-state index in [1.165, 1.54) is 12.1 Å². The van der Waals surface area contributed by atoms with Crippen LogP contribution in [-0.4, -0.2) is 43.6 Å². The molecule has 0 unspecified atom stereocenters. The average molecular weight is 353 g/mol. The highest BCUT2D eigenvalue weighted by Crippen LogP contribution is 2.27. The van der Waals surface area contributed by atoms with E-state index in [2.05, 4.69) is 15.2 Å². The number of hydrogen-bond donors (Lipinski definition) is 1. The summed E-state index contributed by atoms with van der Waals surface area (Å²) in [7, 11) is 1.88. The predicted molar refractivity (Wildman–Crippen MR) is 95.1 cm³/mol. The molecule has 1 aliphatic heterocycles. The molecule has 0 aliphatic carbocycles. The van der Waals surface area contributed by atoms with Gasteiger partial charge in [0, 0.05) is 37.8 Å². The fraction of sp³-hybridized carbons (Fsp3) is 0.316. The molecule has 134 valence electrons. The van der Waals surface area contributed by atoms with E-state index < -0.39 is 0 Å². The van der Waals surface area contributed by atoms with E-state index in [1.807, 2.05) is 34.8 Å². The molecule has 0 spiro atoms. The number of aromatic nitrogens is 4. The molecule has 3 aromatic rings. The SMILES string of the molecule is Cn1cccc1C(=O)N1CCC[C@@H](c2nc(-c3ccc(F)cc3)n[nH]2)C1. The smallest absolute Gasteiger partial charge is 0.270 e. The number of aryl methyl sites for hydroxylation is 1. The lowest BCUT2D eigenvalue weighted by Gasteiger charge is -2.31. The molecule has 1 amide bonds. The third-order valence-corrected chi connectivity index (χ3v) is 4.86. The number of H-pyrrole nitrogens is 1. The number of piperidine rings is 1. The summed E-state index contributed by atoms with van der Waals surface area (Å²) in [5, 5.41) is 7.26. The first kappa shape index (κ1) is 16.5. The molecule has 1 aliphatic rings. The van der Waals surface area contributed by atoms with Gasteiger partial charge in [-0.1, -0.05) is 0 Å². The van der Waals surface area contributed by atoms with Crippen LogP contribution >= 0.6 is 0 Å². The minimum absolute atomic E-state index is 0.0421. The summed E-state index contributed by atoms with van der Waals surface area (Å²) < 4.78 is 14.9. The van der Waals surface area contributed by atoms with Gasteiger partial charge in [-0.25, -0.2) is 9.37 Å². The van der Waals surface area contributed by atoms with Gasteiger partial charge in [-0.15, -0.1) is 0 Å². The summed E-state index contributed by atoms with van der Waals surface area (Å²) in [6, 6.07) is 9.83. The zero-order valence-electron chi connectivity index (χ0n) is 14.5. The second-order valence-electron chi connectivity index (χ2n) is 6.65. The number of aromatic amines is 1. The molecule has 7 heteroatoms. The lowest BCUT2D eigenvalue weighted by atomic mass is 9.97. The Morgan fingerprint density at radius 3 is 2.81 bits per heavy atom. The van der Waals surface area contributed by atoms with Crippen LogP contribution < -0.4 is 0 Å². The Bertz CT molecular complexity index is 914. The van der Waals surface area contributed by atoms with Crippen LogP contribution in [0.2, 0.25) is 0 Å². The average Bonchev–Trinajstić information content (AvgIpc) is 3.31. The number of carbonyl (C=O) groups is 1. The van der Waals surface area contributed by atoms with E-state index in [-0.39, 0.29) is 17.6 Å². The molecule has 1 N–H and O–H groups in total. The number of benzene rings is 1. The Kier molecular flexibility index (Phi) is 4.28. The van der Waals surface area contributed by atoms with E-state index in [0.717, 1.165) is 30.8 Å². The number of amides is 1. The van der Waals surface area contributed by atoms with Gasteiger partial charge in [-0.05, 0) is 49.2 Å². The molecule has 1 aromatic carbocycles. The van der Waals surface area contributed by atoms with Gasteiger partial charge in [0.25, 0.3) is 5.91 Å². The van der Waals surface area contributed by atoms with Crippen LogP contribution in [0.15, 0.2) is 42.6 Å². The Balaban J connectivity index is 1.51. The Labute approximate surface area is 150 Å². The number of nitrogens with one attached hydrogen (secondary N) is 1. The summed E-state index contributed by atoms with van der Waals surface area (Å²) in [5.74, 6) is 1.20. The molecule has 0 saturated carbocycles. The normalized spacial score (nSPS) is 17.5. The van der Waals surface area contributed by atoms with Gasteiger partial charge in [0.15, 0.2) is 5.82 Å². The topological polar surface area (TPSA) is 66.8 Å². The molecule has 0 bridgehead atoms. The van der Waals surface area contributed by atoms with Gasteiger partial charge < -0.3 is 9.47 Å². The number of likely N-dealkylation sites (tertiary alicyclic amines) is 1. The van der Waals surface area contributed by atoms with E-state index in [1.54, 1.807) is 12.1 Å². The monoisotopic (exact) mass is 353 g/mol. The molecule has 2 aromatic heterocycles. The summed E-state index contributed by atoms with van der Waals surface area (Å²) in [4.78, 5) is 19.2. The molecule has 4 rings (SSSR count). The number of halogens is 1. The van der Waals surface area contributed by atoms with Crippen LogP contribution in [0, 0.1) is 5.82 Å². The predicted octanol–water partition coefficient (Wildman–Crippen LogP) is 2.97. The lowest BCUT2D eigenvalue weighted by molar-refractivity contribution is 0.0695. The second kappa shape index (κ2) is 6.74. The van der Waals surface area contributed by atoms with Crippen LogP contribution in [0.3, 0.4) is 0 Å². The Hall–Kier alpha value is -2.96. The third kappa shape index (κ3) is 3.12. The molecular formula is C19H20FN5O. The number of carbonyl (C=O) groups excluding carboxylic acids is 1. The molecule has 26 heavy (non-hydrogen) atoms. The van der Waals surface area contributed by atoms with Crippen molar-refractivity contribution in [2.75, 3.05) is 13.1 Å². The zero-order valence-corrected chi connectivity index (χ0v) is 14.5. The Morgan fingerprint density at radius 2 is 2.08 bits per heavy atom. The van der Waals surface area contributed by atoms with Crippen LogP contribution in [0.4, 0.5) is 4.39 Å². The molecule has 6 nitrogen and oxygen atoms in total. The van der Waals surface area contributed by atoms with Crippen molar-refractivity contribution in [3.05, 3.63) is 59.9 Å². The van der Waals surface area contributed by atoms with Crippen LogP contribution in [-0.2, 0) is 7.05 Å². The molecule has 1 saturated heterocycles.